The average molecular weight is 294 g/mol. The van der Waals surface area contributed by atoms with Crippen LogP contribution < -0.4 is 5.69 Å². The molecule has 1 atom stereocenters. The summed E-state index contributed by atoms with van der Waals surface area (Å²) < 4.78 is 7.33. The summed E-state index contributed by atoms with van der Waals surface area (Å²) in [6.45, 7) is 8.08. The van der Waals surface area contributed by atoms with Gasteiger partial charge in [-0.25, -0.2) is 4.79 Å². The van der Waals surface area contributed by atoms with Crippen molar-refractivity contribution in [2.45, 2.75) is 58.6 Å². The summed E-state index contributed by atoms with van der Waals surface area (Å²) in [4.78, 5) is 27.3. The number of hydrogen-bond donors (Lipinski definition) is 1. The highest BCUT2D eigenvalue weighted by Crippen LogP contribution is 2.32. The third-order valence-electron chi connectivity index (χ3n) is 4.07. The minimum atomic E-state index is -0.916. The number of nitrogens with zero attached hydrogens (tertiary/aromatic N) is 2. The smallest absolute Gasteiger partial charge is 0.348 e. The third-order valence-corrected chi connectivity index (χ3v) is 4.07. The third kappa shape index (κ3) is 3.32. The fraction of sp³-hybridized carbons (Fsp3) is 0.667. The van der Waals surface area contributed by atoms with E-state index < -0.39 is 5.97 Å². The van der Waals surface area contributed by atoms with Crippen LogP contribution in [0.1, 0.15) is 49.7 Å². The Bertz CT molecular complexity index is 619. The normalized spacial score (nSPS) is 21.2. The molecule has 1 saturated heterocycles. The van der Waals surface area contributed by atoms with Crippen LogP contribution in [0.5, 0.6) is 0 Å². The Kier molecular flexibility index (Phi) is 4.18. The lowest BCUT2D eigenvalue weighted by molar-refractivity contribution is -0.136. The molecule has 1 aliphatic heterocycles. The molecule has 0 bridgehead atoms. The molecular formula is C15H22N2O4. The molecule has 0 aliphatic carbocycles. The number of aliphatic carboxylic acids is 1. The van der Waals surface area contributed by atoms with Gasteiger partial charge in [0.2, 0.25) is 0 Å². The molecule has 1 N–H and O–H groups in total. The van der Waals surface area contributed by atoms with Crippen molar-refractivity contribution in [2.24, 2.45) is 0 Å². The van der Waals surface area contributed by atoms with E-state index in [1.54, 1.807) is 18.4 Å². The van der Waals surface area contributed by atoms with Gasteiger partial charge >= 0.3 is 11.7 Å². The van der Waals surface area contributed by atoms with Crippen LogP contribution in [0.25, 0.3) is 0 Å². The Hall–Kier alpha value is -1.69. The van der Waals surface area contributed by atoms with Crippen LogP contribution in [-0.2, 0) is 16.0 Å². The van der Waals surface area contributed by atoms with Crippen molar-refractivity contribution in [3.05, 3.63) is 27.4 Å². The van der Waals surface area contributed by atoms with E-state index in [4.69, 9.17) is 9.84 Å². The summed E-state index contributed by atoms with van der Waals surface area (Å²) >= 11 is 0. The monoisotopic (exact) mass is 294 g/mol. The zero-order valence-corrected chi connectivity index (χ0v) is 13.0. The Balaban J connectivity index is 2.48. The van der Waals surface area contributed by atoms with Crippen LogP contribution >= 0.6 is 0 Å². The Morgan fingerprint density at radius 2 is 2.14 bits per heavy atom. The van der Waals surface area contributed by atoms with Crippen LogP contribution in [0.15, 0.2) is 4.79 Å². The molecule has 1 aliphatic rings. The molecule has 0 spiro atoms. The summed E-state index contributed by atoms with van der Waals surface area (Å²) in [6.07, 6.45) is 1.34. The topological polar surface area (TPSA) is 81.4 Å². The maximum absolute atomic E-state index is 12.3. The van der Waals surface area contributed by atoms with Crippen molar-refractivity contribution in [1.82, 2.24) is 9.55 Å². The Morgan fingerprint density at radius 3 is 2.71 bits per heavy atom. The van der Waals surface area contributed by atoms with Gasteiger partial charge < -0.3 is 9.84 Å². The molecule has 1 aromatic heterocycles. The second kappa shape index (κ2) is 5.60. The van der Waals surface area contributed by atoms with Crippen LogP contribution in [0.2, 0.25) is 0 Å². The standard InChI is InChI=1S/C15H22N2O4/c1-9-12(7-13(18)19)10(2)17(14(20)16-9)11-5-6-21-15(3,4)8-11/h11H,5-8H2,1-4H3,(H,18,19). The number of aromatic nitrogens is 2. The SMILES string of the molecule is Cc1nc(=O)n(C2CCOC(C)(C)C2)c(C)c1CC(=O)O. The molecule has 0 aromatic carbocycles. The quantitative estimate of drug-likeness (QED) is 0.916. The zero-order chi connectivity index (χ0) is 15.8. The summed E-state index contributed by atoms with van der Waals surface area (Å²) in [6, 6.07) is 0.00175. The molecule has 2 heterocycles. The van der Waals surface area contributed by atoms with Gasteiger partial charge in [0.1, 0.15) is 0 Å². The first-order valence-electron chi connectivity index (χ1n) is 7.15. The van der Waals surface area contributed by atoms with E-state index in [0.717, 1.165) is 6.42 Å². The van der Waals surface area contributed by atoms with E-state index in [9.17, 15) is 9.59 Å². The highest BCUT2D eigenvalue weighted by atomic mass is 16.5. The lowest BCUT2D eigenvalue weighted by atomic mass is 9.93. The first-order valence-corrected chi connectivity index (χ1v) is 7.15. The number of rotatable bonds is 3. The van der Waals surface area contributed by atoms with Gasteiger partial charge in [0.15, 0.2) is 0 Å². The molecular weight excluding hydrogens is 272 g/mol. The predicted molar refractivity (Wildman–Crippen MR) is 77.6 cm³/mol. The van der Waals surface area contributed by atoms with E-state index in [1.165, 1.54) is 0 Å². The van der Waals surface area contributed by atoms with Gasteiger partial charge in [-0.3, -0.25) is 9.36 Å². The number of hydrogen-bond acceptors (Lipinski definition) is 4. The minimum Gasteiger partial charge on any atom is -0.481 e. The van der Waals surface area contributed by atoms with Crippen molar-refractivity contribution in [1.29, 1.82) is 0 Å². The highest BCUT2D eigenvalue weighted by molar-refractivity contribution is 5.70. The van der Waals surface area contributed by atoms with Crippen molar-refractivity contribution in [3.63, 3.8) is 0 Å². The molecule has 2 rings (SSSR count). The molecule has 1 aromatic rings. The molecule has 116 valence electrons. The summed E-state index contributed by atoms with van der Waals surface area (Å²) in [7, 11) is 0. The van der Waals surface area contributed by atoms with Crippen molar-refractivity contribution < 1.29 is 14.6 Å². The maximum Gasteiger partial charge on any atom is 0.348 e. The fourth-order valence-electron chi connectivity index (χ4n) is 3.07. The van der Waals surface area contributed by atoms with E-state index in [2.05, 4.69) is 4.98 Å². The zero-order valence-electron chi connectivity index (χ0n) is 13.0. The maximum atomic E-state index is 12.3. The minimum absolute atomic E-state index is 0.00175. The summed E-state index contributed by atoms with van der Waals surface area (Å²) in [5.41, 5.74) is 1.25. The van der Waals surface area contributed by atoms with Gasteiger partial charge in [-0.2, -0.15) is 4.98 Å². The molecule has 6 nitrogen and oxygen atoms in total. The first-order chi connectivity index (χ1) is 9.71. The van der Waals surface area contributed by atoms with Gasteiger partial charge in [-0.05, 0) is 40.5 Å². The number of ether oxygens (including phenoxy) is 1. The summed E-state index contributed by atoms with van der Waals surface area (Å²) in [5, 5.41) is 9.03. The molecule has 21 heavy (non-hydrogen) atoms. The van der Waals surface area contributed by atoms with Crippen LogP contribution in [0.4, 0.5) is 0 Å². The number of carbonyl (C=O) groups is 1. The second-order valence-corrected chi connectivity index (χ2v) is 6.24. The molecule has 1 unspecified atom stereocenters. The molecule has 6 heteroatoms. The predicted octanol–water partition coefficient (Wildman–Crippen LogP) is 1.62. The number of carboxylic acids is 1. The van der Waals surface area contributed by atoms with Crippen molar-refractivity contribution in [3.8, 4) is 0 Å². The van der Waals surface area contributed by atoms with Gasteiger partial charge in [-0.1, -0.05) is 0 Å². The van der Waals surface area contributed by atoms with Gasteiger partial charge in [0, 0.05) is 29.6 Å². The van der Waals surface area contributed by atoms with E-state index in [1.807, 2.05) is 13.8 Å². The van der Waals surface area contributed by atoms with Crippen LogP contribution in [-0.4, -0.2) is 32.8 Å². The van der Waals surface area contributed by atoms with E-state index >= 15 is 0 Å². The lowest BCUT2D eigenvalue weighted by Crippen LogP contribution is -2.40. The van der Waals surface area contributed by atoms with E-state index in [-0.39, 0.29) is 23.8 Å². The molecule has 1 fully saturated rings. The number of carboxylic acid groups (broad SMARTS) is 1. The van der Waals surface area contributed by atoms with Gasteiger partial charge in [-0.15, -0.1) is 0 Å². The number of aryl methyl sites for hydroxylation is 1. The highest BCUT2D eigenvalue weighted by Gasteiger charge is 2.31. The fourth-order valence-corrected chi connectivity index (χ4v) is 3.07. The lowest BCUT2D eigenvalue weighted by Gasteiger charge is -2.37. The van der Waals surface area contributed by atoms with Crippen molar-refractivity contribution in [2.75, 3.05) is 6.61 Å². The van der Waals surface area contributed by atoms with Crippen LogP contribution in [0.3, 0.4) is 0 Å². The molecule has 0 amide bonds. The summed E-state index contributed by atoms with van der Waals surface area (Å²) in [5.74, 6) is -0.916. The van der Waals surface area contributed by atoms with Crippen LogP contribution in [0, 0.1) is 13.8 Å². The van der Waals surface area contributed by atoms with Gasteiger partial charge in [0.05, 0.1) is 12.0 Å². The Morgan fingerprint density at radius 1 is 1.48 bits per heavy atom. The average Bonchev–Trinajstić information content (AvgIpc) is 2.33. The van der Waals surface area contributed by atoms with Crippen molar-refractivity contribution >= 4 is 5.97 Å². The van der Waals surface area contributed by atoms with E-state index in [0.29, 0.717) is 30.0 Å². The largest absolute Gasteiger partial charge is 0.481 e. The second-order valence-electron chi connectivity index (χ2n) is 6.24. The molecule has 0 radical (unpaired) electrons. The molecule has 0 saturated carbocycles. The first kappa shape index (κ1) is 15.7. The van der Waals surface area contributed by atoms with Gasteiger partial charge in [0.25, 0.3) is 0 Å². The Labute approximate surface area is 123 Å².